The number of carbonyl (C=O) groups is 1. The average Bonchev–Trinajstić information content (AvgIpc) is 3.30. The van der Waals surface area contributed by atoms with E-state index >= 15 is 0 Å². The summed E-state index contributed by atoms with van der Waals surface area (Å²) >= 11 is 1.79. The van der Waals surface area contributed by atoms with E-state index < -0.39 is 0 Å². The van der Waals surface area contributed by atoms with Gasteiger partial charge in [0.1, 0.15) is 5.82 Å². The summed E-state index contributed by atoms with van der Waals surface area (Å²) < 4.78 is 19.2. The minimum atomic E-state index is -0.201. The summed E-state index contributed by atoms with van der Waals surface area (Å²) in [6, 6.07) is 9.11. The van der Waals surface area contributed by atoms with E-state index in [1.165, 1.54) is 16.5 Å². The van der Waals surface area contributed by atoms with Crippen molar-refractivity contribution in [2.24, 2.45) is 11.8 Å². The Morgan fingerprint density at radius 2 is 2.13 bits per heavy atom. The quantitative estimate of drug-likeness (QED) is 0.583. The molecule has 0 radical (unpaired) electrons. The molecule has 30 heavy (non-hydrogen) atoms. The maximum absolute atomic E-state index is 14.0. The van der Waals surface area contributed by atoms with E-state index in [9.17, 15) is 9.18 Å². The van der Waals surface area contributed by atoms with E-state index in [-0.39, 0.29) is 29.5 Å². The van der Waals surface area contributed by atoms with Gasteiger partial charge in [0, 0.05) is 56.5 Å². The number of carbonyl (C=O) groups excluding carboxylic acids is 1. The second kappa shape index (κ2) is 10.5. The van der Waals surface area contributed by atoms with Gasteiger partial charge < -0.3 is 9.64 Å². The van der Waals surface area contributed by atoms with E-state index in [0.29, 0.717) is 19.7 Å². The highest BCUT2D eigenvalue weighted by molar-refractivity contribution is 7.10. The van der Waals surface area contributed by atoms with Gasteiger partial charge in [-0.2, -0.15) is 0 Å². The average molecular weight is 433 g/mol. The van der Waals surface area contributed by atoms with Crippen molar-refractivity contribution in [3.63, 3.8) is 0 Å². The second-order valence-electron chi connectivity index (χ2n) is 8.57. The summed E-state index contributed by atoms with van der Waals surface area (Å²) in [6.45, 7) is 10.5. The largest absolute Gasteiger partial charge is 0.383 e. The molecule has 0 bridgehead atoms. The van der Waals surface area contributed by atoms with Crippen LogP contribution in [0.25, 0.3) is 0 Å². The maximum Gasteiger partial charge on any atom is 0.225 e. The fourth-order valence-electron chi connectivity index (χ4n) is 4.30. The Kier molecular flexibility index (Phi) is 8.03. The zero-order chi connectivity index (χ0) is 21.7. The van der Waals surface area contributed by atoms with Gasteiger partial charge in [-0.25, -0.2) is 4.39 Å². The molecule has 2 heterocycles. The van der Waals surface area contributed by atoms with Crippen molar-refractivity contribution in [1.82, 2.24) is 9.80 Å². The van der Waals surface area contributed by atoms with E-state index in [2.05, 4.69) is 23.3 Å². The topological polar surface area (TPSA) is 32.8 Å². The van der Waals surface area contributed by atoms with Crippen molar-refractivity contribution in [3.05, 3.63) is 57.5 Å². The summed E-state index contributed by atoms with van der Waals surface area (Å²) in [7, 11) is 1.66. The van der Waals surface area contributed by atoms with Crippen LogP contribution in [-0.2, 0) is 16.1 Å². The summed E-state index contributed by atoms with van der Waals surface area (Å²) in [5, 5.41) is 2.13. The molecule has 4 nitrogen and oxygen atoms in total. The van der Waals surface area contributed by atoms with Gasteiger partial charge in [-0.15, -0.1) is 11.3 Å². The number of rotatable bonds is 9. The third kappa shape index (κ3) is 5.68. The first-order valence-corrected chi connectivity index (χ1v) is 11.6. The van der Waals surface area contributed by atoms with Crippen molar-refractivity contribution < 1.29 is 13.9 Å². The van der Waals surface area contributed by atoms with Gasteiger partial charge in [0.25, 0.3) is 0 Å². The Morgan fingerprint density at radius 3 is 2.77 bits per heavy atom. The van der Waals surface area contributed by atoms with E-state index in [1.54, 1.807) is 30.6 Å². The Bertz CT molecular complexity index is 838. The molecule has 1 saturated heterocycles. The standard InChI is InChI=1S/C24H33FN2O2S/c1-17(2)24(28)27(9-10-29-4)14-20-13-26(16-23-18(3)8-11-30-23)15-22(20)19-6-5-7-21(25)12-19/h5-8,11-12,17,20,22H,9-10,13-16H2,1-4H3/t20-,22-/m0/s1. The van der Waals surface area contributed by atoms with Crippen LogP contribution in [0.5, 0.6) is 0 Å². The monoisotopic (exact) mass is 432 g/mol. The van der Waals surface area contributed by atoms with Gasteiger partial charge in [0.05, 0.1) is 6.61 Å². The molecule has 1 aromatic heterocycles. The molecule has 1 aliphatic rings. The lowest BCUT2D eigenvalue weighted by atomic mass is 9.88. The minimum absolute atomic E-state index is 0.0549. The number of amides is 1. The highest BCUT2D eigenvalue weighted by atomic mass is 32.1. The molecule has 1 amide bonds. The highest BCUT2D eigenvalue weighted by Crippen LogP contribution is 2.35. The number of thiophene rings is 1. The molecule has 3 rings (SSSR count). The molecule has 1 aliphatic heterocycles. The number of aryl methyl sites for hydroxylation is 1. The molecule has 2 atom stereocenters. The van der Waals surface area contributed by atoms with E-state index in [4.69, 9.17) is 4.74 Å². The fourth-order valence-corrected chi connectivity index (χ4v) is 5.25. The van der Waals surface area contributed by atoms with Crippen molar-refractivity contribution in [1.29, 1.82) is 0 Å². The third-order valence-corrected chi connectivity index (χ3v) is 6.96. The molecule has 6 heteroatoms. The maximum atomic E-state index is 14.0. The summed E-state index contributed by atoms with van der Waals surface area (Å²) in [5.74, 6) is 0.351. The number of halogens is 1. The lowest BCUT2D eigenvalue weighted by Crippen LogP contribution is -2.41. The van der Waals surface area contributed by atoms with Crippen LogP contribution in [0.1, 0.15) is 35.8 Å². The first-order chi connectivity index (χ1) is 14.4. The fraction of sp³-hybridized carbons (Fsp3) is 0.542. The number of methoxy groups -OCH3 is 1. The molecule has 0 unspecified atom stereocenters. The first kappa shape index (κ1) is 22.9. The second-order valence-corrected chi connectivity index (χ2v) is 9.57. The first-order valence-electron chi connectivity index (χ1n) is 10.7. The number of likely N-dealkylation sites (tertiary alicyclic amines) is 1. The molecule has 1 fully saturated rings. The molecule has 2 aromatic rings. The van der Waals surface area contributed by atoms with Crippen LogP contribution in [-0.4, -0.2) is 55.6 Å². The predicted molar refractivity (Wildman–Crippen MR) is 120 cm³/mol. The Hall–Kier alpha value is -1.76. The number of hydrogen-bond acceptors (Lipinski definition) is 4. The molecule has 1 aromatic carbocycles. The normalized spacial score (nSPS) is 19.5. The molecular formula is C24H33FN2O2S. The SMILES string of the molecule is COCCN(C[C@@H]1CN(Cc2sccc2C)C[C@H]1c1cccc(F)c1)C(=O)C(C)C. The predicted octanol–water partition coefficient (Wildman–Crippen LogP) is 4.54. The number of hydrogen-bond donors (Lipinski definition) is 0. The number of ether oxygens (including phenoxy) is 1. The van der Waals surface area contributed by atoms with Gasteiger partial charge in [-0.3, -0.25) is 9.69 Å². The summed E-state index contributed by atoms with van der Waals surface area (Å²) in [6.07, 6.45) is 0. The molecule has 0 saturated carbocycles. The molecular weight excluding hydrogens is 399 g/mol. The molecule has 164 valence electrons. The smallest absolute Gasteiger partial charge is 0.225 e. The van der Waals surface area contributed by atoms with Crippen LogP contribution < -0.4 is 0 Å². The Balaban J connectivity index is 1.81. The molecule has 0 aliphatic carbocycles. The molecule has 0 N–H and O–H groups in total. The van der Waals surface area contributed by atoms with Crippen LogP contribution >= 0.6 is 11.3 Å². The highest BCUT2D eigenvalue weighted by Gasteiger charge is 2.36. The van der Waals surface area contributed by atoms with Gasteiger partial charge in [-0.1, -0.05) is 26.0 Å². The number of nitrogens with zero attached hydrogens (tertiary/aromatic N) is 2. The Labute approximate surface area is 183 Å². The Morgan fingerprint density at radius 1 is 1.33 bits per heavy atom. The zero-order valence-electron chi connectivity index (χ0n) is 18.4. The van der Waals surface area contributed by atoms with Crippen LogP contribution in [0, 0.1) is 24.6 Å². The van der Waals surface area contributed by atoms with Gasteiger partial charge in [-0.05, 0) is 47.5 Å². The van der Waals surface area contributed by atoms with Crippen molar-refractivity contribution in [2.45, 2.75) is 33.2 Å². The lowest BCUT2D eigenvalue weighted by Gasteiger charge is -2.29. The number of benzene rings is 1. The molecule has 0 spiro atoms. The van der Waals surface area contributed by atoms with Crippen LogP contribution in [0.4, 0.5) is 4.39 Å². The van der Waals surface area contributed by atoms with Crippen LogP contribution in [0.2, 0.25) is 0 Å². The van der Waals surface area contributed by atoms with Crippen molar-refractivity contribution in [2.75, 3.05) is 39.9 Å². The zero-order valence-corrected chi connectivity index (χ0v) is 19.3. The van der Waals surface area contributed by atoms with Gasteiger partial charge >= 0.3 is 0 Å². The van der Waals surface area contributed by atoms with Crippen molar-refractivity contribution in [3.8, 4) is 0 Å². The van der Waals surface area contributed by atoms with E-state index in [1.807, 2.05) is 24.8 Å². The minimum Gasteiger partial charge on any atom is -0.383 e. The third-order valence-electron chi connectivity index (χ3n) is 5.95. The summed E-state index contributed by atoms with van der Waals surface area (Å²) in [5.41, 5.74) is 2.34. The van der Waals surface area contributed by atoms with Crippen LogP contribution in [0.3, 0.4) is 0 Å². The summed E-state index contributed by atoms with van der Waals surface area (Å²) in [4.78, 5) is 18.6. The van der Waals surface area contributed by atoms with Crippen molar-refractivity contribution >= 4 is 17.2 Å². The van der Waals surface area contributed by atoms with E-state index in [0.717, 1.165) is 25.2 Å². The lowest BCUT2D eigenvalue weighted by molar-refractivity contribution is -0.135. The van der Waals surface area contributed by atoms with Gasteiger partial charge in [0.2, 0.25) is 5.91 Å². The van der Waals surface area contributed by atoms with Gasteiger partial charge in [0.15, 0.2) is 0 Å². The van der Waals surface area contributed by atoms with Crippen LogP contribution in [0.15, 0.2) is 35.7 Å².